The van der Waals surface area contributed by atoms with E-state index in [9.17, 15) is 4.79 Å². The molecule has 0 saturated carbocycles. The fourth-order valence-electron chi connectivity index (χ4n) is 1.34. The third kappa shape index (κ3) is 4.75. The molecule has 0 radical (unpaired) electrons. The first-order valence-corrected chi connectivity index (χ1v) is 6.60. The van der Waals surface area contributed by atoms with E-state index in [1.54, 1.807) is 18.4 Å². The molecule has 5 nitrogen and oxygen atoms in total. The van der Waals surface area contributed by atoms with Gasteiger partial charge < -0.3 is 15.4 Å². The van der Waals surface area contributed by atoms with Crippen molar-refractivity contribution in [1.29, 1.82) is 0 Å². The Hall–Kier alpha value is -1.56. The molecule has 0 fully saturated rings. The highest BCUT2D eigenvalue weighted by Gasteiger charge is 2.13. The Morgan fingerprint density at radius 1 is 1.56 bits per heavy atom. The van der Waals surface area contributed by atoms with E-state index >= 15 is 0 Å². The molecule has 1 aromatic heterocycles. The van der Waals surface area contributed by atoms with Gasteiger partial charge >= 0.3 is 5.97 Å². The fraction of sp³-hybridized carbons (Fsp3) is 0.500. The topological polar surface area (TPSA) is 62.7 Å². The predicted octanol–water partition coefficient (Wildman–Crippen LogP) is 1.22. The number of thiophene rings is 1. The predicted molar refractivity (Wildman–Crippen MR) is 73.7 cm³/mol. The molecule has 0 spiro atoms. The maximum atomic E-state index is 11.2. The van der Waals surface area contributed by atoms with Crippen LogP contribution in [-0.4, -0.2) is 32.6 Å². The maximum absolute atomic E-state index is 11.2. The van der Waals surface area contributed by atoms with Gasteiger partial charge in [0.05, 0.1) is 19.6 Å². The third-order valence-electron chi connectivity index (χ3n) is 2.41. The summed E-state index contributed by atoms with van der Waals surface area (Å²) in [4.78, 5) is 16.6. The molecule has 0 aliphatic rings. The second kappa shape index (κ2) is 7.71. The van der Waals surface area contributed by atoms with Crippen LogP contribution >= 0.6 is 11.3 Å². The van der Waals surface area contributed by atoms with Crippen molar-refractivity contribution in [2.24, 2.45) is 10.9 Å². The largest absolute Gasteiger partial charge is 0.469 e. The van der Waals surface area contributed by atoms with Crippen LogP contribution in [0.2, 0.25) is 0 Å². The summed E-state index contributed by atoms with van der Waals surface area (Å²) in [5.74, 6) is 0.255. The number of rotatable bonds is 5. The molecular weight excluding hydrogens is 250 g/mol. The van der Waals surface area contributed by atoms with Crippen LogP contribution in [0.1, 0.15) is 11.8 Å². The zero-order valence-electron chi connectivity index (χ0n) is 10.9. The van der Waals surface area contributed by atoms with Gasteiger partial charge in [-0.05, 0) is 11.4 Å². The number of carbonyl (C=O) groups is 1. The van der Waals surface area contributed by atoms with Gasteiger partial charge in [0.1, 0.15) is 0 Å². The van der Waals surface area contributed by atoms with E-state index in [0.29, 0.717) is 12.5 Å². The quantitative estimate of drug-likeness (QED) is 0.479. The zero-order valence-corrected chi connectivity index (χ0v) is 11.7. The number of esters is 1. The van der Waals surface area contributed by atoms with Gasteiger partial charge in [-0.1, -0.05) is 13.0 Å². The number of aliphatic imine (C=N–C) groups is 1. The Morgan fingerprint density at radius 3 is 2.89 bits per heavy atom. The molecule has 0 aromatic carbocycles. The first-order valence-electron chi connectivity index (χ1n) is 5.72. The number of nitrogens with zero attached hydrogens (tertiary/aromatic N) is 1. The molecule has 1 heterocycles. The molecule has 0 amide bonds. The second-order valence-electron chi connectivity index (χ2n) is 3.81. The van der Waals surface area contributed by atoms with Gasteiger partial charge in [0, 0.05) is 18.5 Å². The molecule has 0 bridgehead atoms. The van der Waals surface area contributed by atoms with Gasteiger partial charge in [-0.2, -0.15) is 0 Å². The van der Waals surface area contributed by atoms with Crippen molar-refractivity contribution in [3.8, 4) is 0 Å². The summed E-state index contributed by atoms with van der Waals surface area (Å²) in [6.45, 7) is 3.03. The van der Waals surface area contributed by atoms with E-state index in [4.69, 9.17) is 0 Å². The first-order chi connectivity index (χ1) is 8.67. The monoisotopic (exact) mass is 269 g/mol. The molecule has 0 aliphatic carbocycles. The SMILES string of the molecule is CN=C(NCc1cccs1)NCC(C)C(=O)OC. The van der Waals surface area contributed by atoms with Crippen LogP contribution in [0.4, 0.5) is 0 Å². The second-order valence-corrected chi connectivity index (χ2v) is 4.84. The van der Waals surface area contributed by atoms with Gasteiger partial charge in [0.2, 0.25) is 0 Å². The van der Waals surface area contributed by atoms with Crippen LogP contribution in [0.15, 0.2) is 22.5 Å². The van der Waals surface area contributed by atoms with Crippen LogP contribution in [0, 0.1) is 5.92 Å². The van der Waals surface area contributed by atoms with E-state index in [2.05, 4.69) is 26.4 Å². The van der Waals surface area contributed by atoms with Crippen molar-refractivity contribution in [2.45, 2.75) is 13.5 Å². The van der Waals surface area contributed by atoms with Crippen molar-refractivity contribution >= 4 is 23.3 Å². The summed E-state index contributed by atoms with van der Waals surface area (Å²) in [7, 11) is 3.09. The van der Waals surface area contributed by atoms with E-state index in [0.717, 1.165) is 6.54 Å². The van der Waals surface area contributed by atoms with Crippen molar-refractivity contribution in [2.75, 3.05) is 20.7 Å². The summed E-state index contributed by atoms with van der Waals surface area (Å²) in [5, 5.41) is 8.31. The van der Waals surface area contributed by atoms with E-state index in [1.807, 2.05) is 18.4 Å². The number of guanidine groups is 1. The average molecular weight is 269 g/mol. The standard InChI is InChI=1S/C12H19N3O2S/c1-9(11(16)17-3)7-14-12(13-2)15-8-10-5-4-6-18-10/h4-6,9H,7-8H2,1-3H3,(H2,13,14,15). The number of carbonyl (C=O) groups excluding carboxylic acids is 1. The van der Waals surface area contributed by atoms with Crippen LogP contribution in [0.25, 0.3) is 0 Å². The lowest BCUT2D eigenvalue weighted by atomic mass is 10.2. The van der Waals surface area contributed by atoms with Crippen LogP contribution in [0.3, 0.4) is 0 Å². The van der Waals surface area contributed by atoms with E-state index in [1.165, 1.54) is 12.0 Å². The summed E-state index contributed by atoms with van der Waals surface area (Å²) < 4.78 is 4.66. The summed E-state index contributed by atoms with van der Waals surface area (Å²) in [6, 6.07) is 4.07. The molecule has 100 valence electrons. The van der Waals surface area contributed by atoms with E-state index < -0.39 is 0 Å². The number of nitrogens with one attached hydrogen (secondary N) is 2. The molecule has 6 heteroatoms. The molecular formula is C12H19N3O2S. The Bertz CT molecular complexity index is 390. The molecule has 1 atom stereocenters. The molecule has 1 unspecified atom stereocenters. The number of methoxy groups -OCH3 is 1. The van der Waals surface area contributed by atoms with Gasteiger partial charge in [0.25, 0.3) is 0 Å². The molecule has 2 N–H and O–H groups in total. The van der Waals surface area contributed by atoms with Gasteiger partial charge in [-0.3, -0.25) is 9.79 Å². The lowest BCUT2D eigenvalue weighted by Crippen LogP contribution is -2.40. The summed E-state index contributed by atoms with van der Waals surface area (Å²) >= 11 is 1.69. The lowest BCUT2D eigenvalue weighted by molar-refractivity contribution is -0.144. The maximum Gasteiger partial charge on any atom is 0.310 e. The molecule has 1 rings (SSSR count). The number of hydrogen-bond donors (Lipinski definition) is 2. The minimum absolute atomic E-state index is 0.199. The zero-order chi connectivity index (χ0) is 13.4. The Balaban J connectivity index is 2.32. The van der Waals surface area contributed by atoms with Crippen molar-refractivity contribution in [3.63, 3.8) is 0 Å². The van der Waals surface area contributed by atoms with Gasteiger partial charge in [0.15, 0.2) is 5.96 Å². The molecule has 1 aromatic rings. The summed E-state index contributed by atoms with van der Waals surface area (Å²) in [5.41, 5.74) is 0. The van der Waals surface area contributed by atoms with E-state index in [-0.39, 0.29) is 11.9 Å². The number of ether oxygens (including phenoxy) is 1. The smallest absolute Gasteiger partial charge is 0.310 e. The van der Waals surface area contributed by atoms with Crippen molar-refractivity contribution < 1.29 is 9.53 Å². The highest BCUT2D eigenvalue weighted by Crippen LogP contribution is 2.07. The fourth-order valence-corrected chi connectivity index (χ4v) is 1.98. The highest BCUT2D eigenvalue weighted by atomic mass is 32.1. The highest BCUT2D eigenvalue weighted by molar-refractivity contribution is 7.09. The molecule has 18 heavy (non-hydrogen) atoms. The third-order valence-corrected chi connectivity index (χ3v) is 3.29. The lowest BCUT2D eigenvalue weighted by Gasteiger charge is -2.14. The van der Waals surface area contributed by atoms with Gasteiger partial charge in [-0.25, -0.2) is 0 Å². The average Bonchev–Trinajstić information content (AvgIpc) is 2.90. The molecule has 0 saturated heterocycles. The van der Waals surface area contributed by atoms with Crippen LogP contribution in [-0.2, 0) is 16.1 Å². The first kappa shape index (κ1) is 14.5. The number of hydrogen-bond acceptors (Lipinski definition) is 4. The van der Waals surface area contributed by atoms with Crippen molar-refractivity contribution in [1.82, 2.24) is 10.6 Å². The molecule has 0 aliphatic heterocycles. The normalized spacial score (nSPS) is 12.9. The van der Waals surface area contributed by atoms with Crippen LogP contribution in [0.5, 0.6) is 0 Å². The minimum Gasteiger partial charge on any atom is -0.469 e. The Morgan fingerprint density at radius 2 is 2.33 bits per heavy atom. The van der Waals surface area contributed by atoms with Gasteiger partial charge in [-0.15, -0.1) is 11.3 Å². The minimum atomic E-state index is -0.226. The Kier molecular flexibility index (Phi) is 6.21. The Labute approximate surface area is 111 Å². The van der Waals surface area contributed by atoms with Crippen molar-refractivity contribution in [3.05, 3.63) is 22.4 Å². The van der Waals surface area contributed by atoms with Crippen LogP contribution < -0.4 is 10.6 Å². The summed E-state index contributed by atoms with van der Waals surface area (Å²) in [6.07, 6.45) is 0.